The van der Waals surface area contributed by atoms with E-state index in [0.717, 1.165) is 16.3 Å². The minimum absolute atomic E-state index is 0.0806. The van der Waals surface area contributed by atoms with Gasteiger partial charge in [-0.3, -0.25) is 9.59 Å². The largest absolute Gasteiger partial charge is 0.274 e. The first-order valence-electron chi connectivity index (χ1n) is 7.05. The Morgan fingerprint density at radius 2 is 1.74 bits per heavy atom. The van der Waals surface area contributed by atoms with Gasteiger partial charge in [-0.05, 0) is 44.2 Å². The molecule has 2 amide bonds. The topological polar surface area (TPSA) is 63.2 Å². The number of aromatic nitrogens is 2. The minimum atomic E-state index is -0.561. The van der Waals surface area contributed by atoms with Crippen LogP contribution in [0.3, 0.4) is 0 Å². The van der Waals surface area contributed by atoms with Crippen molar-refractivity contribution >= 4 is 29.3 Å². The number of carbonyl (C=O) groups is 2. The Balaban J connectivity index is 1.82. The predicted molar refractivity (Wildman–Crippen MR) is 84.7 cm³/mol. The van der Waals surface area contributed by atoms with Gasteiger partial charge in [0.05, 0.1) is 5.69 Å². The number of anilines is 1. The number of nitrogens with zero attached hydrogens (tertiary/aromatic N) is 3. The molecule has 3 rings (SSSR count). The average molecular weight is 331 g/mol. The van der Waals surface area contributed by atoms with Crippen LogP contribution in [-0.4, -0.2) is 27.0 Å². The summed E-state index contributed by atoms with van der Waals surface area (Å²) in [6.07, 6.45) is 0.0806. The average Bonchev–Trinajstić information content (AvgIpc) is 2.74. The molecule has 0 aliphatic carbocycles. The van der Waals surface area contributed by atoms with Gasteiger partial charge in [0.15, 0.2) is 5.16 Å². The number of halogens is 1. The van der Waals surface area contributed by atoms with E-state index in [1.807, 2.05) is 19.9 Å². The van der Waals surface area contributed by atoms with Crippen LogP contribution in [0, 0.1) is 19.7 Å². The summed E-state index contributed by atoms with van der Waals surface area (Å²) in [7, 11) is 0. The molecule has 1 aliphatic heterocycles. The van der Waals surface area contributed by atoms with Crippen molar-refractivity contribution in [2.45, 2.75) is 30.7 Å². The first kappa shape index (κ1) is 15.6. The molecule has 1 aromatic carbocycles. The zero-order valence-electron chi connectivity index (χ0n) is 12.6. The number of thioether (sulfide) groups is 1. The maximum absolute atomic E-state index is 13.0. The van der Waals surface area contributed by atoms with Crippen LogP contribution in [0.4, 0.5) is 10.1 Å². The van der Waals surface area contributed by atoms with Crippen LogP contribution in [0.25, 0.3) is 0 Å². The lowest BCUT2D eigenvalue weighted by atomic mass is 10.3. The van der Waals surface area contributed by atoms with E-state index in [1.165, 1.54) is 36.0 Å². The van der Waals surface area contributed by atoms with Crippen molar-refractivity contribution in [3.63, 3.8) is 0 Å². The van der Waals surface area contributed by atoms with E-state index >= 15 is 0 Å². The molecule has 2 heterocycles. The van der Waals surface area contributed by atoms with E-state index in [4.69, 9.17) is 0 Å². The summed E-state index contributed by atoms with van der Waals surface area (Å²) in [6.45, 7) is 3.70. The van der Waals surface area contributed by atoms with Crippen molar-refractivity contribution in [1.82, 2.24) is 9.97 Å². The normalized spacial score (nSPS) is 17.9. The molecule has 7 heteroatoms. The standard InChI is InChI=1S/C16H14FN3O2S/c1-9-7-10(2)19-16(18-9)23-13-8-14(21)20(15(13)22)12-5-3-11(17)4-6-12/h3-7,13H,8H2,1-2H3/t13-/m1/s1. The Kier molecular flexibility index (Phi) is 4.12. The monoisotopic (exact) mass is 331 g/mol. The van der Waals surface area contributed by atoms with Crippen LogP contribution in [0.5, 0.6) is 0 Å². The Morgan fingerprint density at radius 1 is 1.13 bits per heavy atom. The summed E-state index contributed by atoms with van der Waals surface area (Å²) in [4.78, 5) is 34.3. The third kappa shape index (κ3) is 3.24. The molecule has 0 unspecified atom stereocenters. The third-order valence-corrected chi connectivity index (χ3v) is 4.45. The molecule has 1 aromatic heterocycles. The number of hydrogen-bond acceptors (Lipinski definition) is 5. The second-order valence-electron chi connectivity index (χ2n) is 5.29. The van der Waals surface area contributed by atoms with E-state index in [1.54, 1.807) is 0 Å². The number of carbonyl (C=O) groups excluding carboxylic acids is 2. The highest BCUT2D eigenvalue weighted by atomic mass is 32.2. The van der Waals surface area contributed by atoms with Gasteiger partial charge in [0.2, 0.25) is 11.8 Å². The Hall–Kier alpha value is -2.28. The number of amides is 2. The zero-order valence-corrected chi connectivity index (χ0v) is 13.4. The molecular weight excluding hydrogens is 317 g/mol. The first-order chi connectivity index (χ1) is 10.9. The summed E-state index contributed by atoms with van der Waals surface area (Å²) in [6, 6.07) is 7.14. The van der Waals surface area contributed by atoms with Gasteiger partial charge in [0, 0.05) is 17.8 Å². The molecule has 1 aliphatic rings. The summed E-state index contributed by atoms with van der Waals surface area (Å²) >= 11 is 1.18. The van der Waals surface area contributed by atoms with Gasteiger partial charge in [0.25, 0.3) is 0 Å². The molecule has 1 atom stereocenters. The van der Waals surface area contributed by atoms with Crippen molar-refractivity contribution in [3.8, 4) is 0 Å². The smallest absolute Gasteiger partial charge is 0.247 e. The highest BCUT2D eigenvalue weighted by molar-refractivity contribution is 8.00. The second-order valence-corrected chi connectivity index (χ2v) is 6.46. The van der Waals surface area contributed by atoms with Crippen LogP contribution in [-0.2, 0) is 9.59 Å². The summed E-state index contributed by atoms with van der Waals surface area (Å²) in [5.74, 6) is -1.04. The van der Waals surface area contributed by atoms with E-state index < -0.39 is 11.1 Å². The summed E-state index contributed by atoms with van der Waals surface area (Å²) in [5.41, 5.74) is 2.00. The first-order valence-corrected chi connectivity index (χ1v) is 7.93. The SMILES string of the molecule is Cc1cc(C)nc(S[C@@H]2CC(=O)N(c3ccc(F)cc3)C2=O)n1. The minimum Gasteiger partial charge on any atom is -0.274 e. The van der Waals surface area contributed by atoms with Crippen molar-refractivity contribution in [2.75, 3.05) is 4.90 Å². The van der Waals surface area contributed by atoms with Gasteiger partial charge in [-0.2, -0.15) is 0 Å². The lowest BCUT2D eigenvalue weighted by Crippen LogP contribution is -2.31. The highest BCUT2D eigenvalue weighted by Gasteiger charge is 2.40. The number of rotatable bonds is 3. The molecule has 0 radical (unpaired) electrons. The fourth-order valence-electron chi connectivity index (χ4n) is 2.43. The quantitative estimate of drug-likeness (QED) is 0.639. The van der Waals surface area contributed by atoms with Crippen molar-refractivity contribution in [3.05, 3.63) is 47.5 Å². The molecule has 0 saturated carbocycles. The number of imide groups is 1. The van der Waals surface area contributed by atoms with Crippen LogP contribution < -0.4 is 4.90 Å². The van der Waals surface area contributed by atoms with Crippen LogP contribution >= 0.6 is 11.8 Å². The molecule has 2 aromatic rings. The van der Waals surface area contributed by atoms with Crippen molar-refractivity contribution in [2.24, 2.45) is 0 Å². The maximum Gasteiger partial charge on any atom is 0.247 e. The second kappa shape index (κ2) is 6.08. The number of hydrogen-bond donors (Lipinski definition) is 0. The molecule has 5 nitrogen and oxygen atoms in total. The van der Waals surface area contributed by atoms with Crippen LogP contribution in [0.15, 0.2) is 35.5 Å². The van der Waals surface area contributed by atoms with Crippen LogP contribution in [0.1, 0.15) is 17.8 Å². The molecule has 1 saturated heterocycles. The van der Waals surface area contributed by atoms with Gasteiger partial charge in [-0.15, -0.1) is 0 Å². The summed E-state index contributed by atoms with van der Waals surface area (Å²) < 4.78 is 13.0. The van der Waals surface area contributed by atoms with Gasteiger partial charge in [-0.1, -0.05) is 11.8 Å². The molecular formula is C16H14FN3O2S. The fraction of sp³-hybridized carbons (Fsp3) is 0.250. The molecule has 0 spiro atoms. The molecule has 23 heavy (non-hydrogen) atoms. The van der Waals surface area contributed by atoms with E-state index in [9.17, 15) is 14.0 Å². The Labute approximate surface area is 136 Å². The maximum atomic E-state index is 13.0. The molecule has 0 bridgehead atoms. The van der Waals surface area contributed by atoms with Gasteiger partial charge in [0.1, 0.15) is 11.1 Å². The molecule has 118 valence electrons. The fourth-order valence-corrected chi connectivity index (χ4v) is 3.51. The highest BCUT2D eigenvalue weighted by Crippen LogP contribution is 2.32. The lowest BCUT2D eigenvalue weighted by molar-refractivity contribution is -0.121. The third-order valence-electron chi connectivity index (χ3n) is 3.40. The summed E-state index contributed by atoms with van der Waals surface area (Å²) in [5, 5.41) is -0.0802. The Bertz CT molecular complexity index is 759. The van der Waals surface area contributed by atoms with E-state index in [0.29, 0.717) is 10.8 Å². The van der Waals surface area contributed by atoms with Crippen molar-refractivity contribution < 1.29 is 14.0 Å². The molecule has 1 fully saturated rings. The van der Waals surface area contributed by atoms with E-state index in [-0.39, 0.29) is 18.2 Å². The predicted octanol–water partition coefficient (Wildman–Crippen LogP) is 2.66. The van der Waals surface area contributed by atoms with Gasteiger partial charge >= 0.3 is 0 Å². The number of aryl methyl sites for hydroxylation is 2. The number of benzene rings is 1. The van der Waals surface area contributed by atoms with Crippen LogP contribution in [0.2, 0.25) is 0 Å². The Morgan fingerprint density at radius 3 is 2.35 bits per heavy atom. The lowest BCUT2D eigenvalue weighted by Gasteiger charge is -2.14. The van der Waals surface area contributed by atoms with Gasteiger partial charge < -0.3 is 0 Å². The molecule has 0 N–H and O–H groups in total. The van der Waals surface area contributed by atoms with Crippen molar-refractivity contribution in [1.29, 1.82) is 0 Å². The van der Waals surface area contributed by atoms with Gasteiger partial charge in [-0.25, -0.2) is 19.3 Å². The zero-order chi connectivity index (χ0) is 16.6. The van der Waals surface area contributed by atoms with E-state index in [2.05, 4.69) is 9.97 Å².